The zero-order chi connectivity index (χ0) is 9.38. The first kappa shape index (κ1) is 8.21. The Hall–Kier alpha value is -1.12. The van der Waals surface area contributed by atoms with Crippen LogP contribution >= 0.6 is 11.3 Å². The molecule has 1 aromatic heterocycles. The van der Waals surface area contributed by atoms with E-state index in [4.69, 9.17) is 4.74 Å². The van der Waals surface area contributed by atoms with Crippen molar-refractivity contribution >= 4 is 11.3 Å². The number of epoxide rings is 1. The lowest BCUT2D eigenvalue weighted by atomic mass is 10.1. The van der Waals surface area contributed by atoms with Gasteiger partial charge in [-0.1, -0.05) is 36.4 Å². The number of hydrogen-bond acceptors (Lipinski definition) is 2. The smallest absolute Gasteiger partial charge is 0.123 e. The average molecular weight is 202 g/mol. The molecule has 0 bridgehead atoms. The van der Waals surface area contributed by atoms with Gasteiger partial charge in [0.05, 0.1) is 0 Å². The third-order valence-corrected chi connectivity index (χ3v) is 3.38. The highest BCUT2D eigenvalue weighted by molar-refractivity contribution is 7.10. The summed E-state index contributed by atoms with van der Waals surface area (Å²) in [5.74, 6) is 0. The fourth-order valence-corrected chi connectivity index (χ4v) is 2.46. The molecule has 1 aliphatic rings. The van der Waals surface area contributed by atoms with Crippen molar-refractivity contribution in [2.45, 2.75) is 12.2 Å². The molecule has 14 heavy (non-hydrogen) atoms. The van der Waals surface area contributed by atoms with E-state index in [1.54, 1.807) is 11.3 Å². The van der Waals surface area contributed by atoms with Crippen LogP contribution in [0, 0.1) is 0 Å². The van der Waals surface area contributed by atoms with E-state index in [1.807, 2.05) is 6.07 Å². The van der Waals surface area contributed by atoms with Crippen LogP contribution in [0.1, 0.15) is 22.6 Å². The second-order valence-electron chi connectivity index (χ2n) is 3.40. The molecule has 0 N–H and O–H groups in total. The van der Waals surface area contributed by atoms with E-state index in [-0.39, 0.29) is 6.10 Å². The van der Waals surface area contributed by atoms with E-state index in [2.05, 4.69) is 41.8 Å². The number of rotatable bonds is 2. The van der Waals surface area contributed by atoms with Gasteiger partial charge in [-0.3, -0.25) is 0 Å². The van der Waals surface area contributed by atoms with E-state index < -0.39 is 0 Å². The number of benzene rings is 1. The van der Waals surface area contributed by atoms with Gasteiger partial charge in [-0.25, -0.2) is 0 Å². The van der Waals surface area contributed by atoms with E-state index in [9.17, 15) is 0 Å². The van der Waals surface area contributed by atoms with Gasteiger partial charge in [0.1, 0.15) is 12.2 Å². The van der Waals surface area contributed by atoms with Crippen molar-refractivity contribution in [3.63, 3.8) is 0 Å². The van der Waals surface area contributed by atoms with Gasteiger partial charge >= 0.3 is 0 Å². The van der Waals surface area contributed by atoms with E-state index in [0.29, 0.717) is 6.10 Å². The monoisotopic (exact) mass is 202 g/mol. The third kappa shape index (κ3) is 1.37. The first-order valence-corrected chi connectivity index (χ1v) is 5.57. The number of ether oxygens (including phenoxy) is 1. The van der Waals surface area contributed by atoms with Gasteiger partial charge in [0, 0.05) is 4.88 Å². The molecular formula is C12H10OS. The summed E-state index contributed by atoms with van der Waals surface area (Å²) < 4.78 is 5.66. The molecule has 2 atom stereocenters. The van der Waals surface area contributed by atoms with Gasteiger partial charge < -0.3 is 4.74 Å². The van der Waals surface area contributed by atoms with E-state index in [0.717, 1.165) is 0 Å². The summed E-state index contributed by atoms with van der Waals surface area (Å²) in [5.41, 5.74) is 1.28. The maximum absolute atomic E-state index is 5.66. The summed E-state index contributed by atoms with van der Waals surface area (Å²) in [6.07, 6.45) is 0.590. The van der Waals surface area contributed by atoms with Gasteiger partial charge in [0.25, 0.3) is 0 Å². The van der Waals surface area contributed by atoms with Crippen molar-refractivity contribution in [2.75, 3.05) is 0 Å². The quantitative estimate of drug-likeness (QED) is 0.678. The fourth-order valence-electron chi connectivity index (χ4n) is 1.68. The Kier molecular flexibility index (Phi) is 1.89. The molecule has 1 fully saturated rings. The topological polar surface area (TPSA) is 12.5 Å². The normalized spacial score (nSPS) is 24.9. The van der Waals surface area contributed by atoms with Gasteiger partial charge in [-0.05, 0) is 17.0 Å². The molecule has 3 rings (SSSR count). The average Bonchev–Trinajstić information content (AvgIpc) is 2.87. The maximum Gasteiger partial charge on any atom is 0.123 e. The Balaban J connectivity index is 1.81. The molecule has 1 aromatic carbocycles. The molecule has 1 nitrogen and oxygen atoms in total. The predicted molar refractivity (Wildman–Crippen MR) is 57.3 cm³/mol. The second kappa shape index (κ2) is 3.23. The van der Waals surface area contributed by atoms with Crippen LogP contribution in [0.15, 0.2) is 47.8 Å². The van der Waals surface area contributed by atoms with Crippen molar-refractivity contribution in [2.24, 2.45) is 0 Å². The third-order valence-electron chi connectivity index (χ3n) is 2.44. The standard InChI is InChI=1S/C12H10OS/c1-2-5-9(6-3-1)11-12(13-11)10-7-4-8-14-10/h1-8,11-12H/t11-,12+/m0/s1. The maximum atomic E-state index is 5.66. The molecular weight excluding hydrogens is 192 g/mol. The molecule has 0 radical (unpaired) electrons. The number of hydrogen-bond donors (Lipinski definition) is 0. The SMILES string of the molecule is c1ccc([C@@H]2O[C@@H]2c2cccs2)cc1. The van der Waals surface area contributed by atoms with Crippen LogP contribution in [-0.4, -0.2) is 0 Å². The lowest BCUT2D eigenvalue weighted by Gasteiger charge is -1.92. The molecule has 0 unspecified atom stereocenters. The van der Waals surface area contributed by atoms with E-state index in [1.165, 1.54) is 10.4 Å². The summed E-state index contributed by atoms with van der Waals surface area (Å²) in [6.45, 7) is 0. The summed E-state index contributed by atoms with van der Waals surface area (Å²) in [5, 5.41) is 2.10. The molecule has 2 aromatic rings. The van der Waals surface area contributed by atoms with Crippen LogP contribution in [0.25, 0.3) is 0 Å². The molecule has 0 aliphatic carbocycles. The highest BCUT2D eigenvalue weighted by Crippen LogP contribution is 2.51. The van der Waals surface area contributed by atoms with Crippen LogP contribution in [0.5, 0.6) is 0 Å². The lowest BCUT2D eigenvalue weighted by molar-refractivity contribution is 0.379. The van der Waals surface area contributed by atoms with Crippen LogP contribution < -0.4 is 0 Å². The number of thiophene rings is 1. The summed E-state index contributed by atoms with van der Waals surface area (Å²) in [6, 6.07) is 14.6. The first-order chi connectivity index (χ1) is 6.95. The molecule has 0 amide bonds. The highest BCUT2D eigenvalue weighted by atomic mass is 32.1. The van der Waals surface area contributed by atoms with Gasteiger partial charge in [0.15, 0.2) is 0 Å². The summed E-state index contributed by atoms with van der Waals surface area (Å²) >= 11 is 1.77. The molecule has 70 valence electrons. The van der Waals surface area contributed by atoms with Crippen molar-refractivity contribution in [1.82, 2.24) is 0 Å². The van der Waals surface area contributed by atoms with Crippen molar-refractivity contribution in [3.05, 3.63) is 58.3 Å². The zero-order valence-corrected chi connectivity index (χ0v) is 8.41. The summed E-state index contributed by atoms with van der Waals surface area (Å²) in [4.78, 5) is 1.33. The second-order valence-corrected chi connectivity index (χ2v) is 4.38. The van der Waals surface area contributed by atoms with Gasteiger partial charge in [-0.15, -0.1) is 11.3 Å². The van der Waals surface area contributed by atoms with Crippen molar-refractivity contribution in [3.8, 4) is 0 Å². The van der Waals surface area contributed by atoms with Crippen molar-refractivity contribution in [1.29, 1.82) is 0 Å². The zero-order valence-electron chi connectivity index (χ0n) is 7.59. The van der Waals surface area contributed by atoms with Crippen LogP contribution in [0.3, 0.4) is 0 Å². The minimum atomic E-state index is 0.287. The molecule has 2 heteroatoms. The highest BCUT2D eigenvalue weighted by Gasteiger charge is 2.41. The predicted octanol–water partition coefficient (Wildman–Crippen LogP) is 3.56. The minimum Gasteiger partial charge on any atom is -0.359 e. The summed E-state index contributed by atoms with van der Waals surface area (Å²) in [7, 11) is 0. The lowest BCUT2D eigenvalue weighted by Crippen LogP contribution is -1.80. The Morgan fingerprint density at radius 1 is 0.929 bits per heavy atom. The molecule has 1 saturated heterocycles. The fraction of sp³-hybridized carbons (Fsp3) is 0.167. The molecule has 2 heterocycles. The van der Waals surface area contributed by atoms with Crippen LogP contribution in [0.4, 0.5) is 0 Å². The Morgan fingerprint density at radius 2 is 1.79 bits per heavy atom. The first-order valence-electron chi connectivity index (χ1n) is 4.69. The Bertz CT molecular complexity index is 407. The van der Waals surface area contributed by atoms with E-state index >= 15 is 0 Å². The molecule has 0 spiro atoms. The van der Waals surface area contributed by atoms with Gasteiger partial charge in [-0.2, -0.15) is 0 Å². The molecule has 1 aliphatic heterocycles. The van der Waals surface area contributed by atoms with Crippen LogP contribution in [0.2, 0.25) is 0 Å². The largest absolute Gasteiger partial charge is 0.359 e. The van der Waals surface area contributed by atoms with Crippen molar-refractivity contribution < 1.29 is 4.74 Å². The minimum absolute atomic E-state index is 0.287. The van der Waals surface area contributed by atoms with Crippen LogP contribution in [-0.2, 0) is 4.74 Å². The van der Waals surface area contributed by atoms with Gasteiger partial charge in [0.2, 0.25) is 0 Å². The molecule has 0 saturated carbocycles. The Morgan fingerprint density at radius 3 is 2.50 bits per heavy atom. The Labute approximate surface area is 87.0 Å².